The first-order chi connectivity index (χ1) is 13.4. The van der Waals surface area contributed by atoms with Gasteiger partial charge >= 0.3 is 6.18 Å². The molecule has 0 saturated carbocycles. The van der Waals surface area contributed by atoms with E-state index < -0.39 is 11.9 Å². The van der Waals surface area contributed by atoms with Crippen molar-refractivity contribution in [3.05, 3.63) is 70.2 Å². The number of thiazole rings is 1. The van der Waals surface area contributed by atoms with Gasteiger partial charge in [0, 0.05) is 48.0 Å². The average Bonchev–Trinajstić information content (AvgIpc) is 3.27. The Morgan fingerprint density at radius 1 is 1.11 bits per heavy atom. The maximum absolute atomic E-state index is 12.6. The van der Waals surface area contributed by atoms with Gasteiger partial charge in [0.15, 0.2) is 5.13 Å². The topological polar surface area (TPSA) is 66.5 Å². The summed E-state index contributed by atoms with van der Waals surface area (Å²) in [6.45, 7) is 2.36. The van der Waals surface area contributed by atoms with E-state index in [4.69, 9.17) is 0 Å². The predicted molar refractivity (Wildman–Crippen MR) is 102 cm³/mol. The van der Waals surface area contributed by atoms with Crippen molar-refractivity contribution in [2.45, 2.75) is 26.1 Å². The van der Waals surface area contributed by atoms with Gasteiger partial charge < -0.3 is 10.3 Å². The Morgan fingerprint density at radius 2 is 1.96 bits per heavy atom. The van der Waals surface area contributed by atoms with Crippen LogP contribution in [-0.4, -0.2) is 19.9 Å². The third-order valence-electron chi connectivity index (χ3n) is 4.23. The molecule has 28 heavy (non-hydrogen) atoms. The number of H-pyrrole nitrogens is 1. The predicted octanol–water partition coefficient (Wildman–Crippen LogP) is 4.94. The highest BCUT2D eigenvalue weighted by atomic mass is 32.1. The number of nitrogens with zero attached hydrogens (tertiary/aromatic N) is 3. The van der Waals surface area contributed by atoms with E-state index in [0.29, 0.717) is 17.2 Å². The number of halogens is 3. The Labute approximate surface area is 162 Å². The molecule has 0 saturated heterocycles. The first-order valence-corrected chi connectivity index (χ1v) is 9.33. The molecule has 0 aliphatic heterocycles. The summed E-state index contributed by atoms with van der Waals surface area (Å²) in [6, 6.07) is 4.50. The van der Waals surface area contributed by atoms with Gasteiger partial charge in [-0.25, -0.2) is 9.97 Å². The lowest BCUT2D eigenvalue weighted by molar-refractivity contribution is -0.141. The summed E-state index contributed by atoms with van der Waals surface area (Å²) in [4.78, 5) is 16.4. The highest BCUT2D eigenvalue weighted by Gasteiger charge is 2.31. The molecule has 0 aliphatic carbocycles. The highest BCUT2D eigenvalue weighted by molar-refractivity contribution is 7.15. The first kappa shape index (κ1) is 18.4. The molecule has 4 rings (SSSR count). The van der Waals surface area contributed by atoms with Crippen molar-refractivity contribution in [2.24, 2.45) is 0 Å². The van der Waals surface area contributed by atoms with Crippen molar-refractivity contribution in [3.63, 3.8) is 0 Å². The largest absolute Gasteiger partial charge is 0.433 e. The van der Waals surface area contributed by atoms with Crippen LogP contribution >= 0.6 is 11.3 Å². The number of aromatic amines is 1. The molecule has 0 spiro atoms. The van der Waals surface area contributed by atoms with Gasteiger partial charge in [-0.3, -0.25) is 4.98 Å². The number of alkyl halides is 3. The fourth-order valence-electron chi connectivity index (χ4n) is 2.84. The van der Waals surface area contributed by atoms with Crippen LogP contribution in [0.1, 0.15) is 27.3 Å². The van der Waals surface area contributed by atoms with Gasteiger partial charge in [-0.15, -0.1) is 11.3 Å². The number of fused-ring (bicyclic) bond motifs is 1. The molecule has 0 fully saturated rings. The molecule has 144 valence electrons. The Morgan fingerprint density at radius 3 is 2.71 bits per heavy atom. The number of nitrogens with one attached hydrogen (secondary N) is 2. The van der Waals surface area contributed by atoms with Crippen molar-refractivity contribution >= 4 is 27.5 Å². The zero-order chi connectivity index (χ0) is 19.7. The summed E-state index contributed by atoms with van der Waals surface area (Å²) < 4.78 is 37.7. The molecule has 4 aromatic rings. The molecule has 4 aromatic heterocycles. The van der Waals surface area contributed by atoms with Crippen molar-refractivity contribution in [1.29, 1.82) is 0 Å². The highest BCUT2D eigenvalue weighted by Crippen LogP contribution is 2.28. The van der Waals surface area contributed by atoms with Crippen molar-refractivity contribution in [1.82, 2.24) is 19.9 Å². The SMILES string of the molecule is Cc1cnc2[nH]cc(Cc3cnc(NCc4ccc(C(F)(F)F)nc4)s3)c2c1. The van der Waals surface area contributed by atoms with Crippen LogP contribution in [0.4, 0.5) is 18.3 Å². The number of rotatable bonds is 5. The number of aryl methyl sites for hydroxylation is 1. The van der Waals surface area contributed by atoms with E-state index in [1.54, 1.807) is 6.20 Å². The molecule has 9 heteroatoms. The normalized spacial score (nSPS) is 11.9. The van der Waals surface area contributed by atoms with E-state index in [0.717, 1.165) is 39.5 Å². The molecule has 0 atom stereocenters. The average molecular weight is 403 g/mol. The molecule has 0 amide bonds. The summed E-state index contributed by atoms with van der Waals surface area (Å²) in [6.07, 6.45) is 3.12. The molecule has 0 radical (unpaired) electrons. The van der Waals surface area contributed by atoms with Crippen LogP contribution in [0.25, 0.3) is 11.0 Å². The van der Waals surface area contributed by atoms with Crippen molar-refractivity contribution in [2.75, 3.05) is 5.32 Å². The second-order valence-electron chi connectivity index (χ2n) is 6.43. The van der Waals surface area contributed by atoms with Gasteiger partial charge in [0.05, 0.1) is 0 Å². The van der Waals surface area contributed by atoms with E-state index in [2.05, 4.69) is 31.3 Å². The van der Waals surface area contributed by atoms with Crippen molar-refractivity contribution in [3.8, 4) is 0 Å². The number of anilines is 1. The van der Waals surface area contributed by atoms with Gasteiger partial charge in [0.1, 0.15) is 11.3 Å². The summed E-state index contributed by atoms with van der Waals surface area (Å²) in [5.74, 6) is 0. The molecule has 0 bridgehead atoms. The zero-order valence-corrected chi connectivity index (χ0v) is 15.7. The second kappa shape index (κ2) is 7.23. The van der Waals surface area contributed by atoms with E-state index in [1.165, 1.54) is 23.6 Å². The summed E-state index contributed by atoms with van der Waals surface area (Å²) >= 11 is 1.51. The fourth-order valence-corrected chi connectivity index (χ4v) is 3.67. The molecule has 0 aliphatic rings. The molecule has 0 unspecified atom stereocenters. The summed E-state index contributed by atoms with van der Waals surface area (Å²) in [5, 5.41) is 4.94. The van der Waals surface area contributed by atoms with Crippen LogP contribution in [-0.2, 0) is 19.1 Å². The number of aromatic nitrogens is 4. The van der Waals surface area contributed by atoms with Crippen molar-refractivity contribution < 1.29 is 13.2 Å². The van der Waals surface area contributed by atoms with Gasteiger partial charge in [-0.2, -0.15) is 13.2 Å². The lowest BCUT2D eigenvalue weighted by atomic mass is 10.1. The Kier molecular flexibility index (Phi) is 4.76. The Balaban J connectivity index is 1.41. The van der Waals surface area contributed by atoms with Crippen LogP contribution in [0.5, 0.6) is 0 Å². The third-order valence-corrected chi connectivity index (χ3v) is 5.19. The molecule has 4 heterocycles. The van der Waals surface area contributed by atoms with E-state index in [9.17, 15) is 13.2 Å². The lowest BCUT2D eigenvalue weighted by Gasteiger charge is -2.07. The van der Waals surface area contributed by atoms with E-state index >= 15 is 0 Å². The van der Waals surface area contributed by atoms with E-state index in [1.807, 2.05) is 19.3 Å². The smallest absolute Gasteiger partial charge is 0.357 e. The van der Waals surface area contributed by atoms with Gasteiger partial charge in [-0.05, 0) is 35.7 Å². The van der Waals surface area contributed by atoms with E-state index in [-0.39, 0.29) is 0 Å². The van der Waals surface area contributed by atoms with Crippen LogP contribution in [0, 0.1) is 6.92 Å². The van der Waals surface area contributed by atoms with Crippen LogP contribution < -0.4 is 5.32 Å². The third kappa shape index (κ3) is 3.99. The number of hydrogen-bond donors (Lipinski definition) is 2. The van der Waals surface area contributed by atoms with Crippen LogP contribution in [0.3, 0.4) is 0 Å². The minimum absolute atomic E-state index is 0.355. The minimum Gasteiger partial charge on any atom is -0.357 e. The van der Waals surface area contributed by atoms with Gasteiger partial charge in [0.25, 0.3) is 0 Å². The monoisotopic (exact) mass is 403 g/mol. The fraction of sp³-hybridized carbons (Fsp3) is 0.211. The molecule has 0 aromatic carbocycles. The van der Waals surface area contributed by atoms with Gasteiger partial charge in [-0.1, -0.05) is 6.07 Å². The Hall–Kier alpha value is -2.94. The molecule has 5 nitrogen and oxygen atoms in total. The quantitative estimate of drug-likeness (QED) is 0.495. The maximum atomic E-state index is 12.6. The minimum atomic E-state index is -4.42. The maximum Gasteiger partial charge on any atom is 0.433 e. The summed E-state index contributed by atoms with van der Waals surface area (Å²) in [5.41, 5.74) is 2.87. The molecular formula is C19H16F3N5S. The van der Waals surface area contributed by atoms with Gasteiger partial charge in [0.2, 0.25) is 0 Å². The standard InChI is InChI=1S/C19H16F3N5S/c1-11-4-15-13(9-25-17(15)24-6-11)5-14-10-27-18(28-14)26-8-12-2-3-16(23-7-12)19(20,21)22/h2-4,6-7,9-10H,5,8H2,1H3,(H,24,25)(H,26,27). The number of hydrogen-bond acceptors (Lipinski definition) is 5. The molecular weight excluding hydrogens is 387 g/mol. The number of pyridine rings is 2. The van der Waals surface area contributed by atoms with Crippen LogP contribution in [0.15, 0.2) is 43.0 Å². The zero-order valence-electron chi connectivity index (χ0n) is 14.8. The first-order valence-electron chi connectivity index (χ1n) is 8.52. The van der Waals surface area contributed by atoms with Crippen LogP contribution in [0.2, 0.25) is 0 Å². The summed E-state index contributed by atoms with van der Waals surface area (Å²) in [7, 11) is 0. The molecule has 2 N–H and O–H groups in total. The second-order valence-corrected chi connectivity index (χ2v) is 7.55. The Bertz CT molecular complexity index is 1100. The lowest BCUT2D eigenvalue weighted by Crippen LogP contribution is -2.08.